The Morgan fingerprint density at radius 2 is 1.81 bits per heavy atom. The number of hydrogen-bond acceptors (Lipinski definition) is 5. The number of halogens is 2. The van der Waals surface area contributed by atoms with Crippen molar-refractivity contribution >= 4 is 45.7 Å². The summed E-state index contributed by atoms with van der Waals surface area (Å²) in [5, 5.41) is 8.54. The van der Waals surface area contributed by atoms with E-state index in [1.165, 1.54) is 12.3 Å². The van der Waals surface area contributed by atoms with Crippen molar-refractivity contribution in [1.82, 2.24) is 15.6 Å². The summed E-state index contributed by atoms with van der Waals surface area (Å²) < 4.78 is 13.2. The van der Waals surface area contributed by atoms with Gasteiger partial charge in [0.1, 0.15) is 5.82 Å². The minimum atomic E-state index is -0.538. The van der Waals surface area contributed by atoms with Gasteiger partial charge >= 0.3 is 0 Å². The number of thiophene rings is 1. The lowest BCUT2D eigenvalue weighted by Gasteiger charge is -2.07. The molecule has 7 nitrogen and oxygen atoms in total. The van der Waals surface area contributed by atoms with E-state index in [4.69, 9.17) is 11.6 Å². The Balaban J connectivity index is 1.53. The van der Waals surface area contributed by atoms with Gasteiger partial charge in [0.05, 0.1) is 26.0 Å². The molecule has 0 unspecified atom stereocenters. The molecule has 0 radical (unpaired) electrons. The molecule has 3 amide bonds. The Hall–Kier alpha value is -3.30. The Bertz CT molecular complexity index is 1120. The van der Waals surface area contributed by atoms with E-state index in [1.807, 2.05) is 0 Å². The Morgan fingerprint density at radius 1 is 1.06 bits per heavy atom. The van der Waals surface area contributed by atoms with Crippen molar-refractivity contribution in [2.24, 2.45) is 0 Å². The molecule has 0 aliphatic carbocycles. The van der Waals surface area contributed by atoms with E-state index >= 15 is 0 Å². The van der Waals surface area contributed by atoms with Gasteiger partial charge in [-0.1, -0.05) is 11.6 Å². The fourth-order valence-electron chi connectivity index (χ4n) is 2.65. The zero-order valence-corrected chi connectivity index (χ0v) is 17.9. The van der Waals surface area contributed by atoms with Crippen molar-refractivity contribution < 1.29 is 18.8 Å². The average Bonchev–Trinajstić information content (AvgIpc) is 3.11. The molecule has 10 heteroatoms. The third kappa shape index (κ3) is 5.87. The summed E-state index contributed by atoms with van der Waals surface area (Å²) in [5.41, 5.74) is 1.25. The minimum absolute atomic E-state index is 0.00271. The minimum Gasteiger partial charge on any atom is -0.350 e. The predicted octanol–water partition coefficient (Wildman–Crippen LogP) is 3.66. The number of hydrogen-bond donors (Lipinski definition) is 3. The van der Waals surface area contributed by atoms with Gasteiger partial charge in [0.25, 0.3) is 17.7 Å². The number of benzene rings is 1. The van der Waals surface area contributed by atoms with Gasteiger partial charge in [-0.05, 0) is 48.9 Å². The van der Waals surface area contributed by atoms with E-state index in [0.717, 1.165) is 23.5 Å². The highest BCUT2D eigenvalue weighted by atomic mass is 35.5. The van der Waals surface area contributed by atoms with Crippen molar-refractivity contribution in [1.29, 1.82) is 0 Å². The maximum absolute atomic E-state index is 13.2. The Labute approximate surface area is 186 Å². The molecule has 0 saturated heterocycles. The van der Waals surface area contributed by atoms with Crippen LogP contribution in [0.2, 0.25) is 5.02 Å². The highest BCUT2D eigenvalue weighted by Gasteiger charge is 2.17. The first kappa shape index (κ1) is 22.4. The van der Waals surface area contributed by atoms with Crippen molar-refractivity contribution in [3.63, 3.8) is 0 Å². The lowest BCUT2D eigenvalue weighted by atomic mass is 10.2. The Kier molecular flexibility index (Phi) is 7.32. The van der Waals surface area contributed by atoms with Gasteiger partial charge in [0, 0.05) is 25.5 Å². The first-order valence-corrected chi connectivity index (χ1v) is 10.4. The van der Waals surface area contributed by atoms with Gasteiger partial charge < -0.3 is 16.0 Å². The van der Waals surface area contributed by atoms with E-state index in [0.29, 0.717) is 21.0 Å². The molecular weight excluding hydrogens is 443 g/mol. The van der Waals surface area contributed by atoms with Gasteiger partial charge in [-0.25, -0.2) is 4.39 Å². The van der Waals surface area contributed by atoms with Gasteiger partial charge in [-0.2, -0.15) is 0 Å². The third-order valence-electron chi connectivity index (χ3n) is 4.16. The molecule has 3 N–H and O–H groups in total. The normalized spacial score (nSPS) is 10.4. The van der Waals surface area contributed by atoms with Crippen molar-refractivity contribution in [3.05, 3.63) is 81.2 Å². The van der Waals surface area contributed by atoms with Crippen LogP contribution >= 0.6 is 22.9 Å². The summed E-state index contributed by atoms with van der Waals surface area (Å²) in [6.07, 6.45) is 3.03. The maximum Gasteiger partial charge on any atom is 0.261 e. The lowest BCUT2D eigenvalue weighted by molar-refractivity contribution is 0.0929. The molecule has 0 saturated carbocycles. The van der Waals surface area contributed by atoms with Gasteiger partial charge in [-0.3, -0.25) is 19.4 Å². The second kappa shape index (κ2) is 10.1. The van der Waals surface area contributed by atoms with Crippen LogP contribution in [0.1, 0.15) is 36.0 Å². The van der Waals surface area contributed by atoms with Gasteiger partial charge in [0.15, 0.2) is 0 Å². The number of carbonyl (C=O) groups excluding carboxylic acids is 3. The monoisotopic (exact) mass is 460 g/mol. The first-order chi connectivity index (χ1) is 14.8. The number of nitrogens with zero attached hydrogens (tertiary/aromatic N) is 1. The third-order valence-corrected chi connectivity index (χ3v) is 5.62. The number of anilines is 1. The van der Waals surface area contributed by atoms with E-state index in [2.05, 4.69) is 20.9 Å². The smallest absolute Gasteiger partial charge is 0.261 e. The molecule has 0 bridgehead atoms. The molecule has 0 aliphatic rings. The summed E-state index contributed by atoms with van der Waals surface area (Å²) in [6.45, 7) is 2.22. The number of aryl methyl sites for hydroxylation is 1. The van der Waals surface area contributed by atoms with E-state index < -0.39 is 11.7 Å². The fraction of sp³-hybridized carbons (Fsp3) is 0.143. The highest BCUT2D eigenvalue weighted by molar-refractivity contribution is 7.18. The quantitative estimate of drug-likeness (QED) is 0.468. The number of carbonyl (C=O) groups is 3. The molecule has 0 fully saturated rings. The van der Waals surface area contributed by atoms with Crippen LogP contribution in [0.3, 0.4) is 0 Å². The number of aromatic nitrogens is 1. The van der Waals surface area contributed by atoms with Crippen LogP contribution in [0.5, 0.6) is 0 Å². The fourth-order valence-corrected chi connectivity index (χ4v) is 3.89. The Morgan fingerprint density at radius 3 is 2.48 bits per heavy atom. The van der Waals surface area contributed by atoms with Crippen LogP contribution in [0, 0.1) is 12.7 Å². The molecule has 3 aromatic rings. The molecule has 31 heavy (non-hydrogen) atoms. The molecular formula is C21H18ClFN4O3S. The topological polar surface area (TPSA) is 100 Å². The number of nitrogens with one attached hydrogen (secondary N) is 3. The molecule has 2 heterocycles. The van der Waals surface area contributed by atoms with E-state index in [-0.39, 0.29) is 35.5 Å². The van der Waals surface area contributed by atoms with Gasteiger partial charge in [0.2, 0.25) is 0 Å². The maximum atomic E-state index is 13.2. The molecule has 160 valence electrons. The summed E-state index contributed by atoms with van der Waals surface area (Å²) >= 11 is 7.02. The summed E-state index contributed by atoms with van der Waals surface area (Å²) in [6, 6.07) is 8.47. The van der Waals surface area contributed by atoms with Crippen LogP contribution in [-0.4, -0.2) is 35.8 Å². The molecule has 3 rings (SSSR count). The highest BCUT2D eigenvalue weighted by Crippen LogP contribution is 2.28. The molecule has 1 aromatic carbocycles. The number of pyridine rings is 1. The molecule has 0 spiro atoms. The zero-order valence-electron chi connectivity index (χ0n) is 16.4. The molecule has 0 aliphatic heterocycles. The van der Waals surface area contributed by atoms with Crippen LogP contribution in [0.25, 0.3) is 0 Å². The average molecular weight is 461 g/mol. The first-order valence-electron chi connectivity index (χ1n) is 9.18. The van der Waals surface area contributed by atoms with Crippen molar-refractivity contribution in [3.8, 4) is 0 Å². The zero-order chi connectivity index (χ0) is 22.4. The second-order valence-electron chi connectivity index (χ2n) is 6.45. The SMILES string of the molecule is Cc1cc(NC(=O)c2ccc(F)cc2Cl)sc1C(=O)NCCNC(=O)c1cccnc1. The largest absolute Gasteiger partial charge is 0.350 e. The van der Waals surface area contributed by atoms with Gasteiger partial charge in [-0.15, -0.1) is 11.3 Å². The molecule has 0 atom stereocenters. The number of amides is 3. The van der Waals surface area contributed by atoms with Crippen LogP contribution in [0.15, 0.2) is 48.8 Å². The van der Waals surface area contributed by atoms with E-state index in [9.17, 15) is 18.8 Å². The predicted molar refractivity (Wildman–Crippen MR) is 117 cm³/mol. The standard InChI is InChI=1S/C21H18ClFN4O3S/c1-12-9-17(27-20(29)15-5-4-14(23)10-16(15)22)31-18(12)21(30)26-8-7-25-19(28)13-3-2-6-24-11-13/h2-6,9-11H,7-8H2,1H3,(H,25,28)(H,26,30)(H,27,29). The van der Waals surface area contributed by atoms with E-state index in [1.54, 1.807) is 31.3 Å². The molecule has 2 aromatic heterocycles. The van der Waals surface area contributed by atoms with Crippen molar-refractivity contribution in [2.75, 3.05) is 18.4 Å². The number of rotatable bonds is 7. The second-order valence-corrected chi connectivity index (χ2v) is 7.91. The summed E-state index contributed by atoms with van der Waals surface area (Å²) in [4.78, 5) is 41.1. The van der Waals surface area contributed by atoms with Crippen LogP contribution in [0.4, 0.5) is 9.39 Å². The summed E-state index contributed by atoms with van der Waals surface area (Å²) in [7, 11) is 0. The van der Waals surface area contributed by atoms with Crippen LogP contribution in [-0.2, 0) is 0 Å². The van der Waals surface area contributed by atoms with Crippen LogP contribution < -0.4 is 16.0 Å². The van der Waals surface area contributed by atoms with Crippen molar-refractivity contribution in [2.45, 2.75) is 6.92 Å². The summed E-state index contributed by atoms with van der Waals surface area (Å²) in [5.74, 6) is -1.64. The lowest BCUT2D eigenvalue weighted by Crippen LogP contribution is -2.34.